The molecule has 0 aromatic heterocycles. The molecule has 0 fully saturated rings. The average molecular weight is 460 g/mol. The van der Waals surface area contributed by atoms with Crippen LogP contribution in [0.3, 0.4) is 0 Å². The van der Waals surface area contributed by atoms with Crippen LogP contribution in [0, 0.1) is 0 Å². The molecule has 174 valence electrons. The molecule has 1 atom stereocenters. The molecule has 1 unspecified atom stereocenters. The van der Waals surface area contributed by atoms with Gasteiger partial charge in [0.15, 0.2) is 0 Å². The summed E-state index contributed by atoms with van der Waals surface area (Å²) in [5.74, 6) is -1.23. The highest BCUT2D eigenvalue weighted by molar-refractivity contribution is 7.88. The third-order valence-electron chi connectivity index (χ3n) is 3.63. The Morgan fingerprint density at radius 2 is 1.71 bits per heavy atom. The van der Waals surface area contributed by atoms with Crippen LogP contribution < -0.4 is 14.8 Å². The molecule has 2 amide bonds. The first kappa shape index (κ1) is 26.2. The third-order valence-corrected chi connectivity index (χ3v) is 4.65. The van der Waals surface area contributed by atoms with Gasteiger partial charge in [-0.1, -0.05) is 30.3 Å². The fourth-order valence-electron chi connectivity index (χ4n) is 2.29. The molecule has 0 spiro atoms. The highest BCUT2D eigenvalue weighted by Gasteiger charge is 2.22. The molecule has 0 heterocycles. The van der Waals surface area contributed by atoms with Crippen molar-refractivity contribution in [3.05, 3.63) is 35.9 Å². The van der Waals surface area contributed by atoms with Gasteiger partial charge in [0.25, 0.3) is 0 Å². The molecule has 0 bridgehead atoms. The number of carbonyl (C=O) groups is 3. The van der Waals surface area contributed by atoms with Gasteiger partial charge in [-0.2, -0.15) is 13.1 Å². The number of nitrogens with one attached hydrogen (secondary N) is 3. The van der Waals surface area contributed by atoms with Crippen LogP contribution in [0.4, 0.5) is 9.59 Å². The van der Waals surface area contributed by atoms with E-state index < -0.39 is 40.0 Å². The zero-order chi connectivity index (χ0) is 23.5. The highest BCUT2D eigenvalue weighted by Crippen LogP contribution is 2.07. The van der Waals surface area contributed by atoms with Gasteiger partial charge in [0.05, 0.1) is 0 Å². The molecule has 12 heteroatoms. The first-order valence-corrected chi connectivity index (χ1v) is 11.1. The van der Waals surface area contributed by atoms with E-state index >= 15 is 0 Å². The number of carboxylic acid groups (broad SMARTS) is 1. The first-order valence-electron chi connectivity index (χ1n) is 9.58. The van der Waals surface area contributed by atoms with Crippen molar-refractivity contribution in [2.45, 2.75) is 58.3 Å². The maximum atomic E-state index is 11.8. The van der Waals surface area contributed by atoms with E-state index in [1.165, 1.54) is 0 Å². The monoisotopic (exact) mass is 459 g/mol. The number of benzene rings is 1. The Balaban J connectivity index is 2.33. The largest absolute Gasteiger partial charge is 0.480 e. The molecule has 0 aliphatic heterocycles. The number of rotatable bonds is 11. The summed E-state index contributed by atoms with van der Waals surface area (Å²) in [5.41, 5.74) is -0.0856. The zero-order valence-electron chi connectivity index (χ0n) is 17.7. The quantitative estimate of drug-likeness (QED) is 0.365. The highest BCUT2D eigenvalue weighted by atomic mass is 32.2. The normalized spacial score (nSPS) is 12.5. The van der Waals surface area contributed by atoms with E-state index in [2.05, 4.69) is 10.0 Å². The summed E-state index contributed by atoms with van der Waals surface area (Å²) in [6.45, 7) is 4.75. The molecule has 0 aliphatic rings. The average Bonchev–Trinajstić information content (AvgIpc) is 2.63. The van der Waals surface area contributed by atoms with Crippen LogP contribution in [0.25, 0.3) is 0 Å². The van der Waals surface area contributed by atoms with Crippen LogP contribution in [0.2, 0.25) is 0 Å². The van der Waals surface area contributed by atoms with E-state index in [1.54, 1.807) is 49.8 Å². The molecule has 0 aliphatic carbocycles. The van der Waals surface area contributed by atoms with Crippen molar-refractivity contribution in [3.63, 3.8) is 0 Å². The lowest BCUT2D eigenvalue weighted by Gasteiger charge is -2.19. The maximum Gasteiger partial charge on any atom is 0.422 e. The fraction of sp³-hybridized carbons (Fsp3) is 0.526. The lowest BCUT2D eigenvalue weighted by Crippen LogP contribution is -2.43. The molecular weight excluding hydrogens is 430 g/mol. The maximum absolute atomic E-state index is 11.8. The molecule has 0 saturated carbocycles. The standard InChI is InChI=1S/C19H29N3O8S/c1-19(2,3)30-18(26)22-31(27,28)20-12-8-7-11-15(16(23)24)21-17(25)29-13-14-9-5-4-6-10-14/h4-6,9-10,15,20H,7-8,11-13H2,1-3H3,(H,21,25)(H,22,26)(H,23,24). The minimum absolute atomic E-state index is 0.00540. The SMILES string of the molecule is CC(C)(C)OC(=O)NS(=O)(=O)NCCCCC(NC(=O)OCc1ccccc1)C(=O)O. The van der Waals surface area contributed by atoms with Crippen molar-refractivity contribution in [2.24, 2.45) is 0 Å². The number of aliphatic carboxylic acids is 1. The smallest absolute Gasteiger partial charge is 0.422 e. The number of carbonyl (C=O) groups excluding carboxylic acids is 2. The van der Waals surface area contributed by atoms with Crippen LogP contribution in [0.1, 0.15) is 45.6 Å². The Morgan fingerprint density at radius 3 is 2.29 bits per heavy atom. The zero-order valence-corrected chi connectivity index (χ0v) is 18.5. The molecule has 4 N–H and O–H groups in total. The van der Waals surface area contributed by atoms with Gasteiger partial charge in [0.2, 0.25) is 0 Å². The predicted octanol–water partition coefficient (Wildman–Crippen LogP) is 1.90. The summed E-state index contributed by atoms with van der Waals surface area (Å²) < 4.78 is 37.3. The van der Waals surface area contributed by atoms with Gasteiger partial charge in [-0.3, -0.25) is 0 Å². The second kappa shape index (κ2) is 12.1. The second-order valence-corrected chi connectivity index (χ2v) is 9.09. The Bertz CT molecular complexity index is 837. The van der Waals surface area contributed by atoms with Gasteiger partial charge < -0.3 is 19.9 Å². The molecule has 1 aromatic carbocycles. The Labute approximate surface area is 181 Å². The molecule has 0 radical (unpaired) electrons. The number of alkyl carbamates (subject to hydrolysis) is 1. The molecule has 1 aromatic rings. The van der Waals surface area contributed by atoms with Crippen LogP contribution in [-0.4, -0.2) is 49.9 Å². The lowest BCUT2D eigenvalue weighted by molar-refractivity contribution is -0.139. The summed E-state index contributed by atoms with van der Waals surface area (Å²) in [7, 11) is -4.10. The van der Waals surface area contributed by atoms with Crippen LogP contribution in [0.15, 0.2) is 30.3 Å². The van der Waals surface area contributed by atoms with Gasteiger partial charge in [-0.15, -0.1) is 0 Å². The molecular formula is C19H29N3O8S. The number of ether oxygens (including phenoxy) is 2. The molecule has 1 rings (SSSR count). The van der Waals surface area contributed by atoms with Gasteiger partial charge in [-0.25, -0.2) is 19.1 Å². The minimum Gasteiger partial charge on any atom is -0.480 e. The number of amides is 2. The van der Waals surface area contributed by atoms with Crippen molar-refractivity contribution >= 4 is 28.4 Å². The van der Waals surface area contributed by atoms with Crippen LogP contribution in [0.5, 0.6) is 0 Å². The molecule has 0 saturated heterocycles. The topological polar surface area (TPSA) is 160 Å². The van der Waals surface area contributed by atoms with E-state index in [9.17, 15) is 27.9 Å². The van der Waals surface area contributed by atoms with Gasteiger partial charge >= 0.3 is 28.4 Å². The lowest BCUT2D eigenvalue weighted by atomic mass is 10.1. The number of unbranched alkanes of at least 4 members (excludes halogenated alkanes) is 1. The minimum atomic E-state index is -4.10. The number of carboxylic acids is 1. The van der Waals surface area contributed by atoms with E-state index in [0.717, 1.165) is 5.56 Å². The van der Waals surface area contributed by atoms with Crippen molar-refractivity contribution in [2.75, 3.05) is 6.54 Å². The number of hydrogen-bond donors (Lipinski definition) is 4. The first-order chi connectivity index (χ1) is 14.4. The van der Waals surface area contributed by atoms with E-state index in [-0.39, 0.29) is 26.0 Å². The molecule has 31 heavy (non-hydrogen) atoms. The Kier molecular flexibility index (Phi) is 10.2. The molecule has 11 nitrogen and oxygen atoms in total. The Hall–Kier alpha value is -2.86. The van der Waals surface area contributed by atoms with Crippen LogP contribution in [-0.2, 0) is 31.1 Å². The Morgan fingerprint density at radius 1 is 1.06 bits per heavy atom. The van der Waals surface area contributed by atoms with Crippen molar-refractivity contribution in [1.29, 1.82) is 0 Å². The van der Waals surface area contributed by atoms with Gasteiger partial charge in [-0.05, 0) is 45.6 Å². The van der Waals surface area contributed by atoms with Crippen LogP contribution >= 0.6 is 0 Å². The summed E-state index contributed by atoms with van der Waals surface area (Å²) in [6, 6.07) is 7.74. The summed E-state index contributed by atoms with van der Waals surface area (Å²) in [6.07, 6.45) is -1.33. The van der Waals surface area contributed by atoms with Gasteiger partial charge in [0, 0.05) is 6.54 Å². The van der Waals surface area contributed by atoms with Gasteiger partial charge in [0.1, 0.15) is 18.2 Å². The fourth-order valence-corrected chi connectivity index (χ4v) is 3.04. The van der Waals surface area contributed by atoms with E-state index in [4.69, 9.17) is 9.47 Å². The van der Waals surface area contributed by atoms with E-state index in [0.29, 0.717) is 6.42 Å². The summed E-state index contributed by atoms with van der Waals surface area (Å²) >= 11 is 0. The summed E-state index contributed by atoms with van der Waals surface area (Å²) in [5, 5.41) is 11.5. The third kappa shape index (κ3) is 12.4. The number of hydrogen-bond acceptors (Lipinski definition) is 7. The van der Waals surface area contributed by atoms with Crippen molar-refractivity contribution in [3.8, 4) is 0 Å². The van der Waals surface area contributed by atoms with Crippen molar-refractivity contribution < 1.29 is 37.4 Å². The second-order valence-electron chi connectivity index (χ2n) is 7.59. The van der Waals surface area contributed by atoms with Crippen molar-refractivity contribution in [1.82, 2.24) is 14.8 Å². The summed E-state index contributed by atoms with van der Waals surface area (Å²) in [4.78, 5) is 34.6. The predicted molar refractivity (Wildman–Crippen MR) is 111 cm³/mol. The van der Waals surface area contributed by atoms with E-state index in [1.807, 2.05) is 6.07 Å².